The van der Waals surface area contributed by atoms with Gasteiger partial charge in [-0.1, -0.05) is 47.5 Å². The van der Waals surface area contributed by atoms with E-state index in [1.165, 1.54) is 17.3 Å². The van der Waals surface area contributed by atoms with E-state index >= 15 is 0 Å². The molecule has 0 aliphatic rings. The van der Waals surface area contributed by atoms with Gasteiger partial charge in [0.1, 0.15) is 6.04 Å². The number of hydrogen-bond donors (Lipinski definition) is 1. The second kappa shape index (κ2) is 9.43. The summed E-state index contributed by atoms with van der Waals surface area (Å²) in [6.45, 7) is 6.24. The first-order valence-electron chi connectivity index (χ1n) is 8.66. The molecule has 0 aromatic heterocycles. The van der Waals surface area contributed by atoms with Crippen LogP contribution in [0.15, 0.2) is 53.4 Å². The molecule has 0 saturated heterocycles. The first-order chi connectivity index (χ1) is 12.4. The minimum atomic E-state index is -0.522. The molecule has 5 heteroatoms. The average molecular weight is 371 g/mol. The van der Waals surface area contributed by atoms with Crippen LogP contribution in [0.2, 0.25) is 0 Å². The zero-order valence-electron chi connectivity index (χ0n) is 15.8. The Hall–Kier alpha value is -2.27. The molecule has 0 heterocycles. The third kappa shape index (κ3) is 5.63. The summed E-state index contributed by atoms with van der Waals surface area (Å²) in [5, 5.41) is 2.64. The molecular weight excluding hydrogens is 344 g/mol. The number of carbonyl (C=O) groups excluding carboxylic acids is 2. The molecule has 0 saturated carbocycles. The molecule has 1 atom stereocenters. The van der Waals surface area contributed by atoms with Crippen LogP contribution in [0.1, 0.15) is 23.6 Å². The number of hydrogen-bond acceptors (Lipinski definition) is 3. The van der Waals surface area contributed by atoms with Crippen LogP contribution in [0.25, 0.3) is 0 Å². The molecule has 0 spiro atoms. The Morgan fingerprint density at radius 2 is 1.77 bits per heavy atom. The van der Waals surface area contributed by atoms with Crippen LogP contribution in [0.3, 0.4) is 0 Å². The number of aryl methyl sites for hydroxylation is 2. The Morgan fingerprint density at radius 1 is 1.08 bits per heavy atom. The van der Waals surface area contributed by atoms with E-state index in [-0.39, 0.29) is 11.8 Å². The molecule has 2 aromatic rings. The quantitative estimate of drug-likeness (QED) is 0.758. The summed E-state index contributed by atoms with van der Waals surface area (Å²) in [5.74, 6) is 0.0930. The van der Waals surface area contributed by atoms with Gasteiger partial charge in [-0.15, -0.1) is 11.8 Å². The fraction of sp³-hybridized carbons (Fsp3) is 0.333. The number of nitrogens with one attached hydrogen (secondary N) is 1. The lowest BCUT2D eigenvalue weighted by molar-refractivity contribution is -0.138. The van der Waals surface area contributed by atoms with Gasteiger partial charge in [0, 0.05) is 18.5 Å². The molecule has 26 heavy (non-hydrogen) atoms. The van der Waals surface area contributed by atoms with E-state index < -0.39 is 6.04 Å². The molecule has 0 radical (unpaired) electrons. The molecule has 2 amide bonds. The molecular formula is C21H26N2O2S. The van der Waals surface area contributed by atoms with Gasteiger partial charge in [0.2, 0.25) is 11.8 Å². The molecule has 0 aliphatic heterocycles. The Balaban J connectivity index is 2.12. The largest absolute Gasteiger partial charge is 0.357 e. The van der Waals surface area contributed by atoms with Gasteiger partial charge in [0.15, 0.2) is 0 Å². The molecule has 0 unspecified atom stereocenters. The zero-order chi connectivity index (χ0) is 19.1. The van der Waals surface area contributed by atoms with Crippen LogP contribution in [0.5, 0.6) is 0 Å². The van der Waals surface area contributed by atoms with Crippen molar-refractivity contribution in [2.45, 2.75) is 38.3 Å². The average Bonchev–Trinajstić information content (AvgIpc) is 2.64. The van der Waals surface area contributed by atoms with Crippen LogP contribution >= 0.6 is 11.8 Å². The number of rotatable bonds is 7. The zero-order valence-corrected chi connectivity index (χ0v) is 16.6. The number of likely N-dealkylation sites (N-methyl/N-ethyl adjacent to an activating group) is 1. The smallest absolute Gasteiger partial charge is 0.242 e. The first-order valence-corrected chi connectivity index (χ1v) is 9.65. The van der Waals surface area contributed by atoms with Crippen LogP contribution in [-0.4, -0.2) is 35.6 Å². The van der Waals surface area contributed by atoms with Crippen molar-refractivity contribution in [3.05, 3.63) is 65.2 Å². The van der Waals surface area contributed by atoms with Gasteiger partial charge in [0.25, 0.3) is 0 Å². The Morgan fingerprint density at radius 3 is 2.38 bits per heavy atom. The summed E-state index contributed by atoms with van der Waals surface area (Å²) in [5.41, 5.74) is 3.35. The molecule has 0 fully saturated rings. The number of benzene rings is 2. The number of carbonyl (C=O) groups is 2. The predicted octanol–water partition coefficient (Wildman–Crippen LogP) is 3.56. The van der Waals surface area contributed by atoms with Gasteiger partial charge in [-0.2, -0.15) is 0 Å². The number of nitrogens with zero attached hydrogens (tertiary/aromatic N) is 1. The number of amides is 2. The Bertz CT molecular complexity index is 759. The molecule has 138 valence electrons. The summed E-state index contributed by atoms with van der Waals surface area (Å²) >= 11 is 1.49. The molecule has 1 N–H and O–H groups in total. The summed E-state index contributed by atoms with van der Waals surface area (Å²) in [6, 6.07) is 15.6. The lowest BCUT2D eigenvalue weighted by atomic mass is 10.1. The summed E-state index contributed by atoms with van der Waals surface area (Å²) < 4.78 is 0. The van der Waals surface area contributed by atoms with Crippen molar-refractivity contribution in [1.82, 2.24) is 10.2 Å². The van der Waals surface area contributed by atoms with Crippen molar-refractivity contribution < 1.29 is 9.59 Å². The van der Waals surface area contributed by atoms with Crippen molar-refractivity contribution in [1.29, 1.82) is 0 Å². The molecule has 4 nitrogen and oxygen atoms in total. The maximum atomic E-state index is 12.9. The van der Waals surface area contributed by atoms with Crippen LogP contribution in [-0.2, 0) is 16.1 Å². The van der Waals surface area contributed by atoms with E-state index in [1.807, 2.05) is 62.4 Å². The standard InChI is InChI=1S/C21H26N2O2S/c1-15-8-10-19(11-9-15)26-14-20(24)23(17(3)21(25)22-4)13-18-7-5-6-16(2)12-18/h5-12,17H,13-14H2,1-4H3,(H,22,25)/t17-/m0/s1. The van der Waals surface area contributed by atoms with E-state index in [2.05, 4.69) is 5.32 Å². The molecule has 0 bridgehead atoms. The highest BCUT2D eigenvalue weighted by Gasteiger charge is 2.25. The number of thioether (sulfide) groups is 1. The van der Waals surface area contributed by atoms with E-state index in [9.17, 15) is 9.59 Å². The second-order valence-corrected chi connectivity index (χ2v) is 7.45. The lowest BCUT2D eigenvalue weighted by Gasteiger charge is -2.28. The van der Waals surface area contributed by atoms with Crippen LogP contribution in [0, 0.1) is 13.8 Å². The highest BCUT2D eigenvalue weighted by Crippen LogP contribution is 2.20. The Kier molecular flexibility index (Phi) is 7.27. The highest BCUT2D eigenvalue weighted by atomic mass is 32.2. The van der Waals surface area contributed by atoms with E-state index in [0.717, 1.165) is 16.0 Å². The molecule has 2 rings (SSSR count). The minimum absolute atomic E-state index is 0.0480. The van der Waals surface area contributed by atoms with Crippen molar-refractivity contribution in [2.75, 3.05) is 12.8 Å². The lowest BCUT2D eigenvalue weighted by Crippen LogP contribution is -2.47. The van der Waals surface area contributed by atoms with Gasteiger partial charge >= 0.3 is 0 Å². The van der Waals surface area contributed by atoms with Crippen LogP contribution < -0.4 is 5.32 Å². The molecule has 0 aliphatic carbocycles. The normalized spacial score (nSPS) is 11.7. The van der Waals surface area contributed by atoms with Crippen molar-refractivity contribution >= 4 is 23.6 Å². The monoisotopic (exact) mass is 370 g/mol. The van der Waals surface area contributed by atoms with Crippen molar-refractivity contribution in [3.8, 4) is 0 Å². The van der Waals surface area contributed by atoms with E-state index in [1.54, 1.807) is 18.9 Å². The fourth-order valence-electron chi connectivity index (χ4n) is 2.66. The fourth-order valence-corrected chi connectivity index (χ4v) is 3.45. The molecule has 2 aromatic carbocycles. The minimum Gasteiger partial charge on any atom is -0.357 e. The maximum absolute atomic E-state index is 12.9. The first kappa shape index (κ1) is 20.0. The SMILES string of the molecule is CNC(=O)[C@H](C)N(Cc1cccc(C)c1)C(=O)CSc1ccc(C)cc1. The third-order valence-corrected chi connectivity index (χ3v) is 5.23. The Labute approximate surface area is 160 Å². The van der Waals surface area contributed by atoms with Gasteiger partial charge in [-0.05, 0) is 38.5 Å². The van der Waals surface area contributed by atoms with Crippen molar-refractivity contribution in [2.24, 2.45) is 0 Å². The van der Waals surface area contributed by atoms with Gasteiger partial charge in [-0.3, -0.25) is 9.59 Å². The summed E-state index contributed by atoms with van der Waals surface area (Å²) in [6.07, 6.45) is 0. The van der Waals surface area contributed by atoms with Gasteiger partial charge in [-0.25, -0.2) is 0 Å². The maximum Gasteiger partial charge on any atom is 0.242 e. The van der Waals surface area contributed by atoms with E-state index in [4.69, 9.17) is 0 Å². The van der Waals surface area contributed by atoms with Gasteiger partial charge in [0.05, 0.1) is 5.75 Å². The highest BCUT2D eigenvalue weighted by molar-refractivity contribution is 8.00. The second-order valence-electron chi connectivity index (χ2n) is 6.40. The summed E-state index contributed by atoms with van der Waals surface area (Å²) in [4.78, 5) is 27.7. The van der Waals surface area contributed by atoms with E-state index in [0.29, 0.717) is 12.3 Å². The van der Waals surface area contributed by atoms with Crippen LogP contribution in [0.4, 0.5) is 0 Å². The predicted molar refractivity (Wildman–Crippen MR) is 107 cm³/mol. The van der Waals surface area contributed by atoms with Crippen molar-refractivity contribution in [3.63, 3.8) is 0 Å². The summed E-state index contributed by atoms with van der Waals surface area (Å²) in [7, 11) is 1.59. The van der Waals surface area contributed by atoms with Gasteiger partial charge < -0.3 is 10.2 Å². The topological polar surface area (TPSA) is 49.4 Å². The third-order valence-electron chi connectivity index (χ3n) is 4.23.